The second-order valence-electron chi connectivity index (χ2n) is 14.9. The zero-order valence-electron chi connectivity index (χ0n) is 36.8. The van der Waals surface area contributed by atoms with Gasteiger partial charge in [0, 0.05) is 37.0 Å². The van der Waals surface area contributed by atoms with Crippen LogP contribution in [-0.4, -0.2) is 68.7 Å². The van der Waals surface area contributed by atoms with Crippen LogP contribution >= 0.6 is 23.2 Å². The minimum absolute atomic E-state index is 0.0111. The third-order valence-electron chi connectivity index (χ3n) is 9.83. The van der Waals surface area contributed by atoms with Crippen LogP contribution in [-0.2, 0) is 38.1 Å². The molecule has 1 saturated carbocycles. The number of anilines is 1. The molecule has 0 saturated heterocycles. The molecule has 1 amide bonds. The van der Waals surface area contributed by atoms with E-state index in [1.165, 1.54) is 24.4 Å². The molecule has 4 aromatic carbocycles. The maximum absolute atomic E-state index is 12.8. The highest BCUT2D eigenvalue weighted by Gasteiger charge is 2.36. The van der Waals surface area contributed by atoms with Gasteiger partial charge in [-0.1, -0.05) is 41.9 Å². The van der Waals surface area contributed by atoms with E-state index in [2.05, 4.69) is 18.1 Å². The molecule has 5 aromatic rings. The van der Waals surface area contributed by atoms with E-state index in [1.807, 2.05) is 26.0 Å². The van der Waals surface area contributed by atoms with Crippen molar-refractivity contribution in [1.29, 1.82) is 0 Å². The number of carbonyl (C=O) groups is 2. The Kier molecular flexibility index (Phi) is 18.4. The lowest BCUT2D eigenvalue weighted by atomic mass is 10.0. The molecule has 0 aliphatic heterocycles. The fourth-order valence-electron chi connectivity index (χ4n) is 6.58. The molecule has 22 heteroatoms. The van der Waals surface area contributed by atoms with Crippen molar-refractivity contribution < 1.29 is 68.0 Å². The first-order valence-electron chi connectivity index (χ1n) is 20.2. The van der Waals surface area contributed by atoms with Gasteiger partial charge in [-0.2, -0.15) is 26.3 Å². The molecule has 67 heavy (non-hydrogen) atoms. The Labute approximate surface area is 392 Å². The van der Waals surface area contributed by atoms with Crippen molar-refractivity contribution >= 4 is 56.1 Å². The molecule has 1 heterocycles. The van der Waals surface area contributed by atoms with Crippen LogP contribution in [0.25, 0.3) is 0 Å². The van der Waals surface area contributed by atoms with Gasteiger partial charge >= 0.3 is 18.0 Å². The lowest BCUT2D eigenvalue weighted by Crippen LogP contribution is -2.43. The molecule has 1 unspecified atom stereocenters. The molecule has 1 aliphatic rings. The summed E-state index contributed by atoms with van der Waals surface area (Å²) in [4.78, 5) is 36.2. The van der Waals surface area contributed by atoms with Gasteiger partial charge in [0.1, 0.15) is 17.4 Å². The molecule has 13 nitrogen and oxygen atoms in total. The number of aromatic nitrogens is 1. The quantitative estimate of drug-likeness (QED) is 0.0322. The Morgan fingerprint density at radius 2 is 1.60 bits per heavy atom. The summed E-state index contributed by atoms with van der Waals surface area (Å²) in [5.41, 5.74) is 0.689. The predicted octanol–water partition coefficient (Wildman–Crippen LogP) is 11.8. The largest absolute Gasteiger partial charge is 0.487 e. The molecule has 362 valence electrons. The average molecular weight is 1000 g/mol. The molecule has 6 rings (SSSR count). The van der Waals surface area contributed by atoms with Gasteiger partial charge in [0.05, 0.1) is 62.7 Å². The Morgan fingerprint density at radius 3 is 2.13 bits per heavy atom. The number of amides is 1. The predicted molar refractivity (Wildman–Crippen MR) is 237 cm³/mol. The van der Waals surface area contributed by atoms with Crippen LogP contribution in [0.15, 0.2) is 88.4 Å². The Bertz CT molecular complexity index is 2670. The van der Waals surface area contributed by atoms with Crippen LogP contribution in [0.5, 0.6) is 17.2 Å². The third-order valence-corrected chi connectivity index (χ3v) is 11.5. The van der Waals surface area contributed by atoms with Crippen LogP contribution in [0.3, 0.4) is 0 Å². The number of alkyl halides is 7. The van der Waals surface area contributed by atoms with Crippen LogP contribution in [0.4, 0.5) is 37.7 Å². The number of nitrogens with zero attached hydrogens (tertiary/aromatic N) is 3. The molecular formula is C45H45Cl2F6N3O10S. The smallest absolute Gasteiger partial charge is 0.416 e. The summed E-state index contributed by atoms with van der Waals surface area (Å²) in [7, 11) is -2.40. The van der Waals surface area contributed by atoms with Crippen molar-refractivity contribution in [2.24, 2.45) is 0 Å². The molecule has 1 aromatic heterocycles. The van der Waals surface area contributed by atoms with Crippen LogP contribution in [0, 0.1) is 17.0 Å². The number of halogens is 8. The monoisotopic (exact) mass is 1000 g/mol. The van der Waals surface area contributed by atoms with Gasteiger partial charge in [-0.25, -0.2) is 8.42 Å². The topological polar surface area (TPSA) is 168 Å². The van der Waals surface area contributed by atoms with E-state index in [0.717, 1.165) is 66.6 Å². The lowest BCUT2D eigenvalue weighted by molar-refractivity contribution is -0.385. The number of ketones is 1. The normalized spacial score (nSPS) is 13.0. The summed E-state index contributed by atoms with van der Waals surface area (Å²) in [6.07, 6.45) is -4.78. The fourth-order valence-corrected chi connectivity index (χ4v) is 7.83. The SMILES string of the molecule is CCOc1cc(Oc2ccc(C(F)(F)F)cc2Cl)ccc1[N+](=O)[O-].CCc1cccc(C)c1N(C(=O)CCl)C(C)COC.CS(=O)(=O)c1cc(C(F)(F)F)ccc1C(=O)c1cnoc1C1CC1. The zero-order chi connectivity index (χ0) is 50.0. The van der Waals surface area contributed by atoms with Gasteiger partial charge in [-0.3, -0.25) is 19.7 Å². The molecule has 0 bridgehead atoms. The summed E-state index contributed by atoms with van der Waals surface area (Å²) < 4.78 is 121. The van der Waals surface area contributed by atoms with Crippen LogP contribution in [0.1, 0.15) is 83.5 Å². The summed E-state index contributed by atoms with van der Waals surface area (Å²) >= 11 is 11.6. The molecular weight excluding hydrogens is 959 g/mol. The van der Waals surface area contributed by atoms with Gasteiger partial charge in [-0.15, -0.1) is 11.6 Å². The minimum atomic E-state index is -4.71. The van der Waals surface area contributed by atoms with Gasteiger partial charge in [0.15, 0.2) is 21.4 Å². The number of sulfone groups is 1. The number of methoxy groups -OCH3 is 1. The Morgan fingerprint density at radius 1 is 0.955 bits per heavy atom. The van der Waals surface area contributed by atoms with Gasteiger partial charge < -0.3 is 23.6 Å². The van der Waals surface area contributed by atoms with Gasteiger partial charge in [0.25, 0.3) is 0 Å². The maximum Gasteiger partial charge on any atom is 0.416 e. The van der Waals surface area contributed by atoms with Crippen molar-refractivity contribution in [2.45, 2.75) is 76.2 Å². The molecule has 0 radical (unpaired) electrons. The first-order valence-corrected chi connectivity index (χ1v) is 23.0. The van der Waals surface area contributed by atoms with Crippen molar-refractivity contribution in [3.8, 4) is 17.2 Å². The fraction of sp³-hybridized carbons (Fsp3) is 0.356. The number of benzene rings is 4. The number of ether oxygens (including phenoxy) is 3. The van der Waals surface area contributed by atoms with E-state index in [4.69, 9.17) is 41.9 Å². The first kappa shape index (κ1) is 53.9. The molecule has 1 atom stereocenters. The second-order valence-corrected chi connectivity index (χ2v) is 17.5. The van der Waals surface area contributed by atoms with Crippen molar-refractivity contribution in [1.82, 2.24) is 5.16 Å². The molecule has 1 aliphatic carbocycles. The van der Waals surface area contributed by atoms with E-state index < -0.39 is 48.9 Å². The van der Waals surface area contributed by atoms with Crippen molar-refractivity contribution in [2.75, 3.05) is 37.4 Å². The number of hydrogen-bond donors (Lipinski definition) is 0. The Hall–Kier alpha value is -5.70. The first-order chi connectivity index (χ1) is 31.4. The van der Waals surface area contributed by atoms with Crippen molar-refractivity contribution in [3.63, 3.8) is 0 Å². The molecule has 1 fully saturated rings. The maximum atomic E-state index is 12.8. The number of carbonyl (C=O) groups excluding carboxylic acids is 2. The number of rotatable bonds is 15. The highest BCUT2D eigenvalue weighted by Crippen LogP contribution is 2.43. The Balaban J connectivity index is 0.000000221. The summed E-state index contributed by atoms with van der Waals surface area (Å²) in [6, 6.07) is 14.5. The summed E-state index contributed by atoms with van der Waals surface area (Å²) in [5, 5.41) is 14.2. The van der Waals surface area contributed by atoms with Crippen molar-refractivity contribution in [3.05, 3.63) is 133 Å². The minimum Gasteiger partial charge on any atom is -0.487 e. The number of aryl methyl sites for hydroxylation is 2. The number of nitro benzene ring substituents is 1. The highest BCUT2D eigenvalue weighted by atomic mass is 35.5. The van der Waals surface area contributed by atoms with Crippen LogP contribution < -0.4 is 14.4 Å². The van der Waals surface area contributed by atoms with E-state index in [0.29, 0.717) is 24.5 Å². The van der Waals surface area contributed by atoms with E-state index in [-0.39, 0.29) is 69.4 Å². The highest BCUT2D eigenvalue weighted by molar-refractivity contribution is 7.90. The second kappa shape index (κ2) is 22.9. The number of hydrogen-bond acceptors (Lipinski definition) is 11. The van der Waals surface area contributed by atoms with E-state index in [1.54, 1.807) is 18.9 Å². The number of para-hydroxylation sites is 1. The molecule has 0 spiro atoms. The molecule has 0 N–H and O–H groups in total. The average Bonchev–Trinajstić information content (AvgIpc) is 3.99. The summed E-state index contributed by atoms with van der Waals surface area (Å²) in [6.45, 7) is 8.42. The van der Waals surface area contributed by atoms with Gasteiger partial charge in [0.2, 0.25) is 11.7 Å². The lowest BCUT2D eigenvalue weighted by Gasteiger charge is -2.31. The van der Waals surface area contributed by atoms with E-state index >= 15 is 0 Å². The van der Waals surface area contributed by atoms with Crippen LogP contribution in [0.2, 0.25) is 5.02 Å². The number of nitro groups is 1. The standard InChI is InChI=1S/C15H11ClF3NO4.C15H22ClNO2.C15H12F3NO4S/c1-2-23-14-8-10(4-5-12(14)20(21)22)24-13-6-3-9(7-11(13)16)15(17,18)19;1-5-13-8-6-7-11(2)15(13)17(14(18)9-16)12(3)10-19-4;1-24(21,22)12-6-9(15(16,17)18)4-5-10(12)13(20)11-7-19-23-14(11)8-2-3-8/h3-8H,2H2,1H3;6-8,12H,5,9-10H2,1-4H3;4-8H,2-3H2,1H3. The third kappa shape index (κ3) is 14.2. The van der Waals surface area contributed by atoms with Gasteiger partial charge in [-0.05, 0) is 93.6 Å². The van der Waals surface area contributed by atoms with E-state index in [9.17, 15) is 54.5 Å². The summed E-state index contributed by atoms with van der Waals surface area (Å²) in [5.74, 6) is -0.315. The zero-order valence-corrected chi connectivity index (χ0v) is 39.1.